The van der Waals surface area contributed by atoms with Gasteiger partial charge in [-0.25, -0.2) is 0 Å². The number of allylic oxidation sites excluding steroid dienone is 1. The smallest absolute Gasteiger partial charge is 0.167 e. The second kappa shape index (κ2) is 6.59. The third-order valence-corrected chi connectivity index (χ3v) is 2.12. The maximum Gasteiger partial charge on any atom is 0.167 e. The summed E-state index contributed by atoms with van der Waals surface area (Å²) in [5, 5.41) is 8.53. The first kappa shape index (κ1) is 13.1. The van der Waals surface area contributed by atoms with Crippen molar-refractivity contribution in [1.29, 1.82) is 5.26 Å². The average Bonchev–Trinajstić information content (AvgIpc) is 2.33. The van der Waals surface area contributed by atoms with Crippen LogP contribution in [0.5, 0.6) is 11.5 Å². The number of nitrogens with zero attached hydrogens (tertiary/aromatic N) is 1. The van der Waals surface area contributed by atoms with Gasteiger partial charge in [0.25, 0.3) is 0 Å². The van der Waals surface area contributed by atoms with Gasteiger partial charge in [-0.2, -0.15) is 5.26 Å². The van der Waals surface area contributed by atoms with Crippen LogP contribution in [0.3, 0.4) is 0 Å². The third-order valence-electron chi connectivity index (χ3n) is 2.12. The second-order valence-corrected chi connectivity index (χ2v) is 4.05. The molecule has 0 N–H and O–H groups in total. The Morgan fingerprint density at radius 3 is 2.76 bits per heavy atom. The van der Waals surface area contributed by atoms with E-state index in [2.05, 4.69) is 13.8 Å². The number of benzene rings is 1. The predicted molar refractivity (Wildman–Crippen MR) is 68.0 cm³/mol. The van der Waals surface area contributed by atoms with E-state index in [0.29, 0.717) is 24.0 Å². The predicted octanol–water partition coefficient (Wildman–Crippen LogP) is 3.27. The molecule has 0 saturated heterocycles. The summed E-state index contributed by atoms with van der Waals surface area (Å²) in [6.07, 6.45) is 3.13. The zero-order valence-corrected chi connectivity index (χ0v) is 10.4. The molecule has 0 bridgehead atoms. The van der Waals surface area contributed by atoms with Gasteiger partial charge in [0, 0.05) is 11.6 Å². The zero-order chi connectivity index (χ0) is 12.7. The van der Waals surface area contributed by atoms with Crippen LogP contribution in [-0.4, -0.2) is 13.7 Å². The van der Waals surface area contributed by atoms with E-state index in [1.54, 1.807) is 13.2 Å². The lowest BCUT2D eigenvalue weighted by Gasteiger charge is -2.13. The molecule has 3 heteroatoms. The molecule has 0 heterocycles. The SMILES string of the molecule is COc1c(/C=C/C#N)cccc1OCC(C)C. The molecule has 0 aliphatic heterocycles. The monoisotopic (exact) mass is 231 g/mol. The largest absolute Gasteiger partial charge is 0.492 e. The Hall–Kier alpha value is -1.95. The van der Waals surface area contributed by atoms with Gasteiger partial charge in [0.1, 0.15) is 0 Å². The number of hydrogen-bond donors (Lipinski definition) is 0. The average molecular weight is 231 g/mol. The lowest BCUT2D eigenvalue weighted by atomic mass is 10.1. The number of ether oxygens (including phenoxy) is 2. The van der Waals surface area contributed by atoms with Crippen molar-refractivity contribution in [2.75, 3.05) is 13.7 Å². The highest BCUT2D eigenvalue weighted by Crippen LogP contribution is 2.32. The molecule has 1 aromatic carbocycles. The summed E-state index contributed by atoms with van der Waals surface area (Å²) in [6, 6.07) is 7.59. The molecular weight excluding hydrogens is 214 g/mol. The van der Waals surface area contributed by atoms with Crippen molar-refractivity contribution in [2.45, 2.75) is 13.8 Å². The van der Waals surface area contributed by atoms with Gasteiger partial charge in [-0.05, 0) is 18.1 Å². The van der Waals surface area contributed by atoms with E-state index in [0.717, 1.165) is 5.56 Å². The Labute approximate surface area is 102 Å². The molecule has 0 unspecified atom stereocenters. The van der Waals surface area contributed by atoms with Gasteiger partial charge in [-0.15, -0.1) is 0 Å². The summed E-state index contributed by atoms with van der Waals surface area (Å²) < 4.78 is 11.0. The minimum atomic E-state index is 0.456. The number of hydrogen-bond acceptors (Lipinski definition) is 3. The molecule has 17 heavy (non-hydrogen) atoms. The standard InChI is InChI=1S/C14H17NO2/c1-11(2)10-17-13-8-4-6-12(7-5-9-15)14(13)16-3/h4-8,11H,10H2,1-3H3/b7-5+. The van der Waals surface area contributed by atoms with Gasteiger partial charge >= 0.3 is 0 Å². The summed E-state index contributed by atoms with van der Waals surface area (Å²) in [5.41, 5.74) is 0.843. The molecule has 90 valence electrons. The van der Waals surface area contributed by atoms with Crippen molar-refractivity contribution < 1.29 is 9.47 Å². The van der Waals surface area contributed by atoms with Crippen LogP contribution in [0.4, 0.5) is 0 Å². The summed E-state index contributed by atoms with van der Waals surface area (Å²) in [7, 11) is 1.60. The van der Waals surface area contributed by atoms with Crippen LogP contribution >= 0.6 is 0 Å². The zero-order valence-electron chi connectivity index (χ0n) is 10.4. The normalized spacial score (nSPS) is 10.5. The van der Waals surface area contributed by atoms with E-state index in [9.17, 15) is 0 Å². The quantitative estimate of drug-likeness (QED) is 0.730. The molecular formula is C14H17NO2. The molecule has 1 rings (SSSR count). The first-order valence-electron chi connectivity index (χ1n) is 5.55. The van der Waals surface area contributed by atoms with Crippen molar-refractivity contribution in [3.05, 3.63) is 29.8 Å². The summed E-state index contributed by atoms with van der Waals surface area (Å²) >= 11 is 0. The van der Waals surface area contributed by atoms with Crippen LogP contribution in [0.2, 0.25) is 0 Å². The fourth-order valence-corrected chi connectivity index (χ4v) is 1.38. The van der Waals surface area contributed by atoms with E-state index in [1.165, 1.54) is 6.08 Å². The summed E-state index contributed by atoms with van der Waals surface area (Å²) in [6.45, 7) is 4.82. The fourth-order valence-electron chi connectivity index (χ4n) is 1.38. The van der Waals surface area contributed by atoms with Crippen molar-refractivity contribution in [3.8, 4) is 17.6 Å². The number of nitriles is 1. The van der Waals surface area contributed by atoms with Gasteiger partial charge < -0.3 is 9.47 Å². The minimum absolute atomic E-state index is 0.456. The first-order chi connectivity index (χ1) is 8.19. The van der Waals surface area contributed by atoms with E-state index in [1.807, 2.05) is 24.3 Å². The Kier molecular flexibility index (Phi) is 5.09. The molecule has 0 aliphatic carbocycles. The second-order valence-electron chi connectivity index (χ2n) is 4.05. The molecule has 0 atom stereocenters. The minimum Gasteiger partial charge on any atom is -0.492 e. The number of rotatable bonds is 5. The Morgan fingerprint density at radius 1 is 1.41 bits per heavy atom. The molecule has 0 saturated carbocycles. The summed E-state index contributed by atoms with van der Waals surface area (Å²) in [5.74, 6) is 1.83. The summed E-state index contributed by atoms with van der Waals surface area (Å²) in [4.78, 5) is 0. The maximum atomic E-state index is 8.53. The molecule has 0 amide bonds. The van der Waals surface area contributed by atoms with Crippen LogP contribution in [-0.2, 0) is 0 Å². The number of methoxy groups -OCH3 is 1. The van der Waals surface area contributed by atoms with Crippen molar-refractivity contribution in [3.63, 3.8) is 0 Å². The highest BCUT2D eigenvalue weighted by Gasteiger charge is 2.08. The van der Waals surface area contributed by atoms with Gasteiger partial charge in [-0.3, -0.25) is 0 Å². The Bertz CT molecular complexity index is 430. The van der Waals surface area contributed by atoms with Gasteiger partial charge in [0.2, 0.25) is 0 Å². The first-order valence-corrected chi connectivity index (χ1v) is 5.55. The highest BCUT2D eigenvalue weighted by molar-refractivity contribution is 5.63. The van der Waals surface area contributed by atoms with E-state index in [4.69, 9.17) is 14.7 Å². The lowest BCUT2D eigenvalue weighted by molar-refractivity contribution is 0.256. The van der Waals surface area contributed by atoms with Crippen molar-refractivity contribution in [2.24, 2.45) is 5.92 Å². The number of para-hydroxylation sites is 1. The molecule has 3 nitrogen and oxygen atoms in total. The molecule has 0 spiro atoms. The fraction of sp³-hybridized carbons (Fsp3) is 0.357. The topological polar surface area (TPSA) is 42.2 Å². The van der Waals surface area contributed by atoms with Crippen molar-refractivity contribution in [1.82, 2.24) is 0 Å². The van der Waals surface area contributed by atoms with Crippen LogP contribution in [0.15, 0.2) is 24.3 Å². The van der Waals surface area contributed by atoms with E-state index < -0.39 is 0 Å². The van der Waals surface area contributed by atoms with Crippen LogP contribution in [0.25, 0.3) is 6.08 Å². The van der Waals surface area contributed by atoms with Gasteiger partial charge in [0.05, 0.1) is 19.8 Å². The Morgan fingerprint density at radius 2 is 2.18 bits per heavy atom. The van der Waals surface area contributed by atoms with Crippen LogP contribution in [0.1, 0.15) is 19.4 Å². The maximum absolute atomic E-state index is 8.53. The van der Waals surface area contributed by atoms with Crippen LogP contribution < -0.4 is 9.47 Å². The third kappa shape index (κ3) is 3.84. The molecule has 0 radical (unpaired) electrons. The highest BCUT2D eigenvalue weighted by atomic mass is 16.5. The van der Waals surface area contributed by atoms with Gasteiger partial charge in [0.15, 0.2) is 11.5 Å². The Balaban J connectivity index is 2.97. The van der Waals surface area contributed by atoms with Crippen LogP contribution in [0, 0.1) is 17.2 Å². The molecule has 0 fully saturated rings. The van der Waals surface area contributed by atoms with Crippen molar-refractivity contribution >= 4 is 6.08 Å². The molecule has 1 aromatic rings. The van der Waals surface area contributed by atoms with Gasteiger partial charge in [-0.1, -0.05) is 26.0 Å². The molecule has 0 aliphatic rings. The molecule has 0 aromatic heterocycles. The van der Waals surface area contributed by atoms with E-state index in [-0.39, 0.29) is 0 Å². The lowest BCUT2D eigenvalue weighted by Crippen LogP contribution is -2.05. The van der Waals surface area contributed by atoms with E-state index >= 15 is 0 Å².